The van der Waals surface area contributed by atoms with Crippen molar-refractivity contribution < 1.29 is 12.8 Å². The minimum atomic E-state index is -3.80. The molecule has 0 amide bonds. The molecule has 1 heterocycles. The lowest BCUT2D eigenvalue weighted by molar-refractivity contribution is 0.603. The Kier molecular flexibility index (Phi) is 4.79. The summed E-state index contributed by atoms with van der Waals surface area (Å²) < 4.78 is 40.3. The Labute approximate surface area is 135 Å². The number of halogens is 3. The Bertz CT molecular complexity index is 768. The quantitative estimate of drug-likeness (QED) is 0.806. The molecular weight excluding hydrogens is 358 g/mol. The van der Waals surface area contributed by atoms with Crippen molar-refractivity contribution in [3.05, 3.63) is 44.5 Å². The molecule has 0 radical (unpaired) electrons. The smallest absolute Gasteiger partial charge is 0.271 e. The van der Waals surface area contributed by atoms with Crippen LogP contribution in [0.25, 0.3) is 0 Å². The van der Waals surface area contributed by atoms with E-state index < -0.39 is 15.8 Å². The Morgan fingerprint density at radius 1 is 1.29 bits per heavy atom. The van der Waals surface area contributed by atoms with Gasteiger partial charge in [-0.15, -0.1) is 11.3 Å². The average molecular weight is 369 g/mol. The number of anilines is 1. The molecule has 2 rings (SSSR count). The summed E-state index contributed by atoms with van der Waals surface area (Å²) in [7, 11) is -3.80. The maximum Gasteiger partial charge on any atom is 0.271 e. The molecule has 1 aromatic carbocycles. The van der Waals surface area contributed by atoms with Crippen LogP contribution in [0.3, 0.4) is 0 Å². The van der Waals surface area contributed by atoms with Gasteiger partial charge in [0, 0.05) is 11.4 Å². The van der Waals surface area contributed by atoms with Crippen molar-refractivity contribution in [3.63, 3.8) is 0 Å². The van der Waals surface area contributed by atoms with Crippen LogP contribution >= 0.6 is 34.5 Å². The zero-order valence-electron chi connectivity index (χ0n) is 10.8. The molecule has 2 aromatic rings. The van der Waals surface area contributed by atoms with E-state index in [1.807, 2.05) is 0 Å². The number of rotatable bonds is 4. The molecule has 0 fully saturated rings. The van der Waals surface area contributed by atoms with Gasteiger partial charge in [0.25, 0.3) is 10.0 Å². The van der Waals surface area contributed by atoms with Gasteiger partial charge in [-0.1, -0.05) is 23.2 Å². The number of sulfonamides is 1. The van der Waals surface area contributed by atoms with E-state index in [1.165, 1.54) is 6.07 Å². The van der Waals surface area contributed by atoms with E-state index in [2.05, 4.69) is 4.72 Å². The van der Waals surface area contributed by atoms with E-state index in [-0.39, 0.29) is 26.5 Å². The molecule has 21 heavy (non-hydrogen) atoms. The number of nitrogens with one attached hydrogen (secondary N) is 1. The SMILES string of the molecule is Cc1cc(S(=O)(=O)Nc2cc(Cl)c(F)c(Cl)c2)sc1CN. The molecule has 0 aliphatic heterocycles. The minimum Gasteiger partial charge on any atom is -0.326 e. The van der Waals surface area contributed by atoms with Crippen LogP contribution in [0, 0.1) is 12.7 Å². The topological polar surface area (TPSA) is 72.2 Å². The second-order valence-corrected chi connectivity index (χ2v) is 8.10. The van der Waals surface area contributed by atoms with Gasteiger partial charge in [-0.3, -0.25) is 4.72 Å². The highest BCUT2D eigenvalue weighted by Crippen LogP contribution is 2.31. The van der Waals surface area contributed by atoms with Crippen LogP contribution in [-0.2, 0) is 16.6 Å². The zero-order chi connectivity index (χ0) is 15.8. The Morgan fingerprint density at radius 2 is 1.86 bits per heavy atom. The van der Waals surface area contributed by atoms with Crippen LogP contribution in [0.5, 0.6) is 0 Å². The van der Waals surface area contributed by atoms with Gasteiger partial charge in [-0.25, -0.2) is 12.8 Å². The summed E-state index contributed by atoms with van der Waals surface area (Å²) in [6.45, 7) is 2.05. The highest BCUT2D eigenvalue weighted by Gasteiger charge is 2.20. The molecule has 0 bridgehead atoms. The van der Waals surface area contributed by atoms with Gasteiger partial charge in [0.05, 0.1) is 15.7 Å². The number of thiophene rings is 1. The maximum atomic E-state index is 13.3. The summed E-state index contributed by atoms with van der Waals surface area (Å²) >= 11 is 12.4. The Balaban J connectivity index is 2.37. The van der Waals surface area contributed by atoms with Gasteiger partial charge in [0.1, 0.15) is 4.21 Å². The average Bonchev–Trinajstić information content (AvgIpc) is 2.77. The van der Waals surface area contributed by atoms with E-state index in [9.17, 15) is 12.8 Å². The van der Waals surface area contributed by atoms with Gasteiger partial charge in [-0.2, -0.15) is 0 Å². The van der Waals surface area contributed by atoms with Crippen LogP contribution in [-0.4, -0.2) is 8.42 Å². The highest BCUT2D eigenvalue weighted by molar-refractivity contribution is 7.94. The molecule has 4 nitrogen and oxygen atoms in total. The van der Waals surface area contributed by atoms with Gasteiger partial charge < -0.3 is 5.73 Å². The first-order valence-corrected chi connectivity index (χ1v) is 8.77. The normalized spacial score (nSPS) is 11.7. The predicted octanol–water partition coefficient (Wildman–Crippen LogP) is 3.76. The van der Waals surface area contributed by atoms with Crippen LogP contribution in [0.4, 0.5) is 10.1 Å². The fourth-order valence-electron chi connectivity index (χ4n) is 1.64. The molecule has 0 atom stereocenters. The number of hydrogen-bond acceptors (Lipinski definition) is 4. The fraction of sp³-hybridized carbons (Fsp3) is 0.167. The fourth-order valence-corrected chi connectivity index (χ4v) is 4.64. The molecule has 0 aliphatic carbocycles. The first-order chi connectivity index (χ1) is 9.74. The van der Waals surface area contributed by atoms with Crippen LogP contribution in [0.15, 0.2) is 22.4 Å². The lowest BCUT2D eigenvalue weighted by Crippen LogP contribution is -2.11. The van der Waals surface area contributed by atoms with Crippen molar-refractivity contribution in [2.75, 3.05) is 4.72 Å². The lowest BCUT2D eigenvalue weighted by atomic mass is 10.3. The predicted molar refractivity (Wildman–Crippen MR) is 84.2 cm³/mol. The number of hydrogen-bond donors (Lipinski definition) is 2. The van der Waals surface area contributed by atoms with Crippen molar-refractivity contribution >= 4 is 50.2 Å². The van der Waals surface area contributed by atoms with Crippen LogP contribution in [0.1, 0.15) is 10.4 Å². The molecule has 0 saturated heterocycles. The molecule has 0 saturated carbocycles. The Morgan fingerprint density at radius 3 is 2.33 bits per heavy atom. The first-order valence-electron chi connectivity index (χ1n) is 5.71. The number of benzene rings is 1. The Hall–Kier alpha value is -0.860. The van der Waals surface area contributed by atoms with Gasteiger partial charge in [-0.05, 0) is 30.7 Å². The summed E-state index contributed by atoms with van der Waals surface area (Å²) in [6, 6.07) is 3.84. The van der Waals surface area contributed by atoms with E-state index in [1.54, 1.807) is 6.92 Å². The molecule has 9 heteroatoms. The number of aryl methyl sites for hydroxylation is 1. The highest BCUT2D eigenvalue weighted by atomic mass is 35.5. The van der Waals surface area contributed by atoms with Crippen molar-refractivity contribution in [2.24, 2.45) is 5.73 Å². The van der Waals surface area contributed by atoms with Crippen LogP contribution in [0.2, 0.25) is 10.0 Å². The van der Waals surface area contributed by atoms with Gasteiger partial charge >= 0.3 is 0 Å². The standard InChI is InChI=1S/C12H11Cl2FN2O2S2/c1-6-2-11(20-10(6)5-16)21(18,19)17-7-3-8(13)12(15)9(14)4-7/h2-4,17H,5,16H2,1H3. The van der Waals surface area contributed by atoms with Crippen molar-refractivity contribution in [2.45, 2.75) is 17.7 Å². The zero-order valence-corrected chi connectivity index (χ0v) is 13.9. The van der Waals surface area contributed by atoms with Gasteiger partial charge in [0.2, 0.25) is 0 Å². The third-order valence-electron chi connectivity index (χ3n) is 2.68. The van der Waals surface area contributed by atoms with Crippen molar-refractivity contribution in [1.29, 1.82) is 0 Å². The lowest BCUT2D eigenvalue weighted by Gasteiger charge is -2.08. The second kappa shape index (κ2) is 6.10. The molecule has 1 aromatic heterocycles. The van der Waals surface area contributed by atoms with Gasteiger partial charge in [0.15, 0.2) is 5.82 Å². The van der Waals surface area contributed by atoms with E-state index in [4.69, 9.17) is 28.9 Å². The molecule has 0 spiro atoms. The third-order valence-corrected chi connectivity index (χ3v) is 6.35. The summed E-state index contributed by atoms with van der Waals surface area (Å²) in [4.78, 5) is 0.783. The maximum absolute atomic E-state index is 13.3. The molecule has 0 unspecified atom stereocenters. The summed E-state index contributed by atoms with van der Waals surface area (Å²) in [6.07, 6.45) is 0. The molecule has 0 aliphatic rings. The van der Waals surface area contributed by atoms with Crippen LogP contribution < -0.4 is 10.5 Å². The van der Waals surface area contributed by atoms with E-state index >= 15 is 0 Å². The van der Waals surface area contributed by atoms with E-state index in [0.717, 1.165) is 33.9 Å². The monoisotopic (exact) mass is 368 g/mol. The first kappa shape index (κ1) is 16.5. The number of nitrogens with two attached hydrogens (primary N) is 1. The summed E-state index contributed by atoms with van der Waals surface area (Å²) in [5, 5.41) is -0.518. The molecular formula is C12H11Cl2FN2O2S2. The largest absolute Gasteiger partial charge is 0.326 e. The van der Waals surface area contributed by atoms with E-state index in [0.29, 0.717) is 0 Å². The minimum absolute atomic E-state index is 0.0896. The van der Waals surface area contributed by atoms with Crippen molar-refractivity contribution in [3.8, 4) is 0 Å². The molecule has 3 N–H and O–H groups in total. The summed E-state index contributed by atoms with van der Waals surface area (Å²) in [5.41, 5.74) is 6.43. The van der Waals surface area contributed by atoms with Crippen molar-refractivity contribution in [1.82, 2.24) is 0 Å². The molecule has 114 valence electrons. The third kappa shape index (κ3) is 3.49. The second-order valence-electron chi connectivity index (χ2n) is 4.24. The summed E-state index contributed by atoms with van der Waals surface area (Å²) in [5.74, 6) is -0.793.